The molecule has 1 unspecified atom stereocenters. The Morgan fingerprint density at radius 2 is 2.62 bits per heavy atom. The maximum Gasteiger partial charge on any atom is 0.0912 e. The molecule has 72 valence electrons. The molecule has 0 spiro atoms. The molecule has 4 heteroatoms. The molecule has 1 rings (SSSR count). The molecule has 1 heterocycles. The summed E-state index contributed by atoms with van der Waals surface area (Å²) in [7, 11) is 1.96. The molecule has 0 bridgehead atoms. The topological polar surface area (TPSA) is 37.8 Å². The highest BCUT2D eigenvalue weighted by molar-refractivity contribution is 6.99. The van der Waals surface area contributed by atoms with Crippen molar-refractivity contribution >= 4 is 11.7 Å². The van der Waals surface area contributed by atoms with Gasteiger partial charge in [-0.1, -0.05) is 6.08 Å². The Labute approximate surface area is 83.2 Å². The number of hydrogen-bond acceptors (Lipinski definition) is 4. The van der Waals surface area contributed by atoms with Gasteiger partial charge in [0.25, 0.3) is 0 Å². The lowest BCUT2D eigenvalue weighted by molar-refractivity contribution is 0.521. The first-order chi connectivity index (χ1) is 6.38. The van der Waals surface area contributed by atoms with E-state index >= 15 is 0 Å². The molecular weight excluding hydrogens is 182 g/mol. The highest BCUT2D eigenvalue weighted by Gasteiger charge is 2.10. The van der Waals surface area contributed by atoms with Gasteiger partial charge in [-0.05, 0) is 26.3 Å². The van der Waals surface area contributed by atoms with Crippen LogP contribution in [0, 0.1) is 0 Å². The van der Waals surface area contributed by atoms with Crippen molar-refractivity contribution in [2.75, 3.05) is 7.05 Å². The van der Waals surface area contributed by atoms with Crippen LogP contribution in [0.2, 0.25) is 0 Å². The fourth-order valence-electron chi connectivity index (χ4n) is 1.23. The average molecular weight is 197 g/mol. The zero-order valence-electron chi connectivity index (χ0n) is 7.86. The molecule has 0 saturated carbocycles. The normalized spacial score (nSPS) is 12.7. The Hall–Kier alpha value is -0.740. The number of aromatic nitrogens is 2. The van der Waals surface area contributed by atoms with Crippen molar-refractivity contribution in [2.24, 2.45) is 0 Å². The third-order valence-electron chi connectivity index (χ3n) is 1.98. The first kappa shape index (κ1) is 10.3. The van der Waals surface area contributed by atoms with Gasteiger partial charge in [-0.3, -0.25) is 0 Å². The zero-order chi connectivity index (χ0) is 9.52. The lowest BCUT2D eigenvalue weighted by atomic mass is 10.1. The molecule has 1 aromatic heterocycles. The van der Waals surface area contributed by atoms with Crippen molar-refractivity contribution in [1.82, 2.24) is 14.1 Å². The van der Waals surface area contributed by atoms with E-state index in [2.05, 4.69) is 20.6 Å². The maximum absolute atomic E-state index is 4.21. The summed E-state index contributed by atoms with van der Waals surface area (Å²) in [5.41, 5.74) is 1.05. The second kappa shape index (κ2) is 5.83. The fourth-order valence-corrected chi connectivity index (χ4v) is 1.70. The van der Waals surface area contributed by atoms with Gasteiger partial charge in [0.1, 0.15) is 0 Å². The van der Waals surface area contributed by atoms with Crippen LogP contribution in [0.3, 0.4) is 0 Å². The maximum atomic E-state index is 4.21. The minimum atomic E-state index is 0.346. The summed E-state index contributed by atoms with van der Waals surface area (Å²) >= 11 is 1.26. The standard InChI is InChI=1S/C9H15N3S/c1-3-4-5-6-8(10-2)9-7-11-13-12-9/h3,7-8,10H,1,4-6H2,2H3. The minimum absolute atomic E-state index is 0.346. The van der Waals surface area contributed by atoms with E-state index < -0.39 is 0 Å². The molecule has 3 nitrogen and oxygen atoms in total. The summed E-state index contributed by atoms with van der Waals surface area (Å²) in [5.74, 6) is 0. The van der Waals surface area contributed by atoms with Crippen LogP contribution < -0.4 is 5.32 Å². The summed E-state index contributed by atoms with van der Waals surface area (Å²) in [6.45, 7) is 3.70. The van der Waals surface area contributed by atoms with Gasteiger partial charge in [0.15, 0.2) is 0 Å². The van der Waals surface area contributed by atoms with E-state index in [1.165, 1.54) is 11.7 Å². The largest absolute Gasteiger partial charge is 0.312 e. The Kier molecular flexibility index (Phi) is 4.64. The number of unbranched alkanes of at least 4 members (excludes halogenated alkanes) is 1. The van der Waals surface area contributed by atoms with Crippen molar-refractivity contribution in [3.63, 3.8) is 0 Å². The van der Waals surface area contributed by atoms with Crippen molar-refractivity contribution in [3.8, 4) is 0 Å². The van der Waals surface area contributed by atoms with E-state index in [0.29, 0.717) is 6.04 Å². The fraction of sp³-hybridized carbons (Fsp3) is 0.556. The van der Waals surface area contributed by atoms with E-state index in [4.69, 9.17) is 0 Å². The van der Waals surface area contributed by atoms with Crippen molar-refractivity contribution in [1.29, 1.82) is 0 Å². The van der Waals surface area contributed by atoms with Gasteiger partial charge in [-0.15, -0.1) is 6.58 Å². The number of allylic oxidation sites excluding steroid dienone is 1. The molecular formula is C9H15N3S. The number of hydrogen-bond donors (Lipinski definition) is 1. The van der Waals surface area contributed by atoms with Gasteiger partial charge in [-0.25, -0.2) is 0 Å². The molecule has 0 aromatic carbocycles. The Morgan fingerprint density at radius 1 is 1.77 bits per heavy atom. The monoisotopic (exact) mass is 197 g/mol. The Morgan fingerprint density at radius 3 is 3.15 bits per heavy atom. The smallest absolute Gasteiger partial charge is 0.0912 e. The predicted octanol–water partition coefficient (Wildman–Crippen LogP) is 2.15. The molecule has 0 saturated heterocycles. The summed E-state index contributed by atoms with van der Waals surface area (Å²) in [4.78, 5) is 0. The average Bonchev–Trinajstić information content (AvgIpc) is 2.65. The lowest BCUT2D eigenvalue weighted by Gasteiger charge is -2.11. The highest BCUT2D eigenvalue weighted by atomic mass is 32.1. The molecule has 0 fully saturated rings. The van der Waals surface area contributed by atoms with Gasteiger partial charge in [0, 0.05) is 0 Å². The first-order valence-corrected chi connectivity index (χ1v) is 5.17. The van der Waals surface area contributed by atoms with E-state index in [0.717, 1.165) is 25.0 Å². The SMILES string of the molecule is C=CCCCC(NC)c1cnsn1. The molecule has 13 heavy (non-hydrogen) atoms. The van der Waals surface area contributed by atoms with Crippen LogP contribution in [0.1, 0.15) is 31.0 Å². The molecule has 0 radical (unpaired) electrons. The second-order valence-corrected chi connectivity index (χ2v) is 3.45. The molecule has 1 atom stereocenters. The van der Waals surface area contributed by atoms with Crippen LogP contribution in [-0.4, -0.2) is 15.8 Å². The van der Waals surface area contributed by atoms with E-state index in [1.54, 1.807) is 0 Å². The quantitative estimate of drug-likeness (QED) is 0.561. The summed E-state index contributed by atoms with van der Waals surface area (Å²) in [5, 5.41) is 3.23. The van der Waals surface area contributed by atoms with Crippen LogP contribution >= 0.6 is 11.7 Å². The van der Waals surface area contributed by atoms with Crippen LogP contribution in [-0.2, 0) is 0 Å². The van der Waals surface area contributed by atoms with E-state index in [1.807, 2.05) is 19.3 Å². The molecule has 1 aromatic rings. The second-order valence-electron chi connectivity index (χ2n) is 2.89. The van der Waals surface area contributed by atoms with Gasteiger partial charge < -0.3 is 5.32 Å². The van der Waals surface area contributed by atoms with E-state index in [9.17, 15) is 0 Å². The molecule has 0 amide bonds. The molecule has 0 aliphatic rings. The third kappa shape index (κ3) is 3.24. The van der Waals surface area contributed by atoms with Crippen LogP contribution in [0.5, 0.6) is 0 Å². The minimum Gasteiger partial charge on any atom is -0.312 e. The zero-order valence-corrected chi connectivity index (χ0v) is 8.68. The van der Waals surface area contributed by atoms with Crippen molar-refractivity contribution < 1.29 is 0 Å². The third-order valence-corrected chi connectivity index (χ3v) is 2.48. The molecule has 0 aliphatic carbocycles. The first-order valence-electron chi connectivity index (χ1n) is 4.44. The highest BCUT2D eigenvalue weighted by Crippen LogP contribution is 2.16. The van der Waals surface area contributed by atoms with Gasteiger partial charge in [0.2, 0.25) is 0 Å². The number of nitrogens with one attached hydrogen (secondary N) is 1. The van der Waals surface area contributed by atoms with Gasteiger partial charge >= 0.3 is 0 Å². The van der Waals surface area contributed by atoms with Crippen LogP contribution in [0.15, 0.2) is 18.9 Å². The number of rotatable bonds is 6. The van der Waals surface area contributed by atoms with E-state index in [-0.39, 0.29) is 0 Å². The summed E-state index contributed by atoms with van der Waals surface area (Å²) in [6, 6.07) is 0.346. The molecule has 1 N–H and O–H groups in total. The summed E-state index contributed by atoms with van der Waals surface area (Å²) < 4.78 is 8.20. The van der Waals surface area contributed by atoms with Crippen LogP contribution in [0.25, 0.3) is 0 Å². The Balaban J connectivity index is 2.39. The number of nitrogens with zero attached hydrogens (tertiary/aromatic N) is 2. The van der Waals surface area contributed by atoms with Crippen molar-refractivity contribution in [2.45, 2.75) is 25.3 Å². The Bertz CT molecular complexity index is 233. The van der Waals surface area contributed by atoms with Crippen LogP contribution in [0.4, 0.5) is 0 Å². The predicted molar refractivity (Wildman–Crippen MR) is 55.8 cm³/mol. The van der Waals surface area contributed by atoms with Crippen molar-refractivity contribution in [3.05, 3.63) is 24.5 Å². The van der Waals surface area contributed by atoms with Gasteiger partial charge in [-0.2, -0.15) is 8.75 Å². The lowest BCUT2D eigenvalue weighted by Crippen LogP contribution is -2.16. The molecule has 0 aliphatic heterocycles. The van der Waals surface area contributed by atoms with Gasteiger partial charge in [0.05, 0.1) is 29.7 Å². The summed E-state index contributed by atoms with van der Waals surface area (Å²) in [6.07, 6.45) is 7.09.